The van der Waals surface area contributed by atoms with Crippen LogP contribution in [-0.2, 0) is 19.1 Å². The van der Waals surface area contributed by atoms with Crippen LogP contribution in [0.3, 0.4) is 0 Å². The fourth-order valence-electron chi connectivity index (χ4n) is 3.18. The Balaban J connectivity index is 0.000000259. The number of esters is 2. The molecule has 0 heterocycles. The molecule has 0 aliphatic carbocycles. The molecule has 0 spiro atoms. The molecule has 0 saturated heterocycles. The van der Waals surface area contributed by atoms with Gasteiger partial charge in [0.25, 0.3) is 0 Å². The first-order valence-corrected chi connectivity index (χ1v) is 14.5. The monoisotopic (exact) mass is 740 g/mol. The number of ether oxygens (including phenoxy) is 2. The smallest absolute Gasteiger partial charge is 0.330 e. The van der Waals surface area contributed by atoms with Crippen molar-refractivity contribution < 1.29 is 32.6 Å². The van der Waals surface area contributed by atoms with Gasteiger partial charge in [0.2, 0.25) is 0 Å². The van der Waals surface area contributed by atoms with Crippen LogP contribution in [0.5, 0.6) is 0 Å². The van der Waals surface area contributed by atoms with Gasteiger partial charge in [-0.1, -0.05) is 56.1 Å². The quantitative estimate of drug-likeness (QED) is 0.0671. The summed E-state index contributed by atoms with van der Waals surface area (Å²) < 4.78 is 36.6. The van der Waals surface area contributed by atoms with Crippen molar-refractivity contribution in [3.05, 3.63) is 140 Å². The summed E-state index contributed by atoms with van der Waals surface area (Å²) >= 11 is 6.28. The number of hydrogen-bond donors (Lipinski definition) is 1. The molecule has 0 bridgehead atoms. The zero-order valence-electron chi connectivity index (χ0n) is 24.1. The van der Waals surface area contributed by atoms with Crippen LogP contribution in [0.4, 0.5) is 20.2 Å². The lowest BCUT2D eigenvalue weighted by Gasteiger charge is -1.99. The molecular formula is C34H28Br2F2N2O5. The zero-order chi connectivity index (χ0) is 33.2. The van der Waals surface area contributed by atoms with Gasteiger partial charge < -0.3 is 15.2 Å². The Morgan fingerprint density at radius 2 is 1.24 bits per heavy atom. The molecule has 0 aliphatic rings. The molecule has 0 aromatic heterocycles. The maximum atomic E-state index is 13.7. The maximum Gasteiger partial charge on any atom is 0.330 e. The molecule has 0 saturated carbocycles. The summed E-state index contributed by atoms with van der Waals surface area (Å²) in [5, 5.41) is 0. The summed E-state index contributed by atoms with van der Waals surface area (Å²) in [6, 6.07) is 23.5. The lowest BCUT2D eigenvalue weighted by atomic mass is 10.2. The Bertz CT molecular complexity index is 1710. The summed E-state index contributed by atoms with van der Waals surface area (Å²) in [6.45, 7) is 0. The van der Waals surface area contributed by atoms with Crippen LogP contribution in [0, 0.1) is 11.6 Å². The predicted molar refractivity (Wildman–Crippen MR) is 180 cm³/mol. The third kappa shape index (κ3) is 14.1. The Hall–Kier alpha value is -4.74. The van der Waals surface area contributed by atoms with Crippen molar-refractivity contribution in [3.63, 3.8) is 0 Å². The van der Waals surface area contributed by atoms with Crippen molar-refractivity contribution in [1.29, 1.82) is 0 Å². The van der Waals surface area contributed by atoms with Crippen molar-refractivity contribution in [3.8, 4) is 0 Å². The summed E-state index contributed by atoms with van der Waals surface area (Å²) in [5.41, 5.74) is 9.05. The molecule has 0 unspecified atom stereocenters. The van der Waals surface area contributed by atoms with Gasteiger partial charge in [-0.15, -0.1) is 0 Å². The highest BCUT2D eigenvalue weighted by molar-refractivity contribution is 9.10. The molecule has 4 aromatic rings. The second-order valence-electron chi connectivity index (χ2n) is 8.69. The second kappa shape index (κ2) is 19.5. The summed E-state index contributed by atoms with van der Waals surface area (Å²) in [4.78, 5) is 36.1. The number of nitrogen functional groups attached to an aromatic ring is 1. The fraction of sp³-hybridized carbons (Fsp3) is 0.0588. The van der Waals surface area contributed by atoms with Crippen LogP contribution in [0.1, 0.15) is 27.0 Å². The Morgan fingerprint density at radius 1 is 0.733 bits per heavy atom. The first-order valence-electron chi connectivity index (χ1n) is 12.9. The minimum absolute atomic E-state index is 0.0863. The van der Waals surface area contributed by atoms with Crippen LogP contribution in [0.25, 0.3) is 12.2 Å². The number of benzene rings is 4. The van der Waals surface area contributed by atoms with Gasteiger partial charge in [-0.3, -0.25) is 9.79 Å². The predicted octanol–water partition coefficient (Wildman–Crippen LogP) is 8.38. The number of halogens is 4. The fourth-order valence-corrected chi connectivity index (χ4v) is 3.85. The van der Waals surface area contributed by atoms with E-state index in [9.17, 15) is 23.2 Å². The first-order chi connectivity index (χ1) is 21.5. The molecule has 0 aliphatic heterocycles. The number of rotatable bonds is 7. The summed E-state index contributed by atoms with van der Waals surface area (Å²) in [5.74, 6) is -1.64. The maximum absolute atomic E-state index is 13.7. The number of anilines is 1. The number of aliphatic imine (C=N–C) groups is 1. The van der Waals surface area contributed by atoms with E-state index in [1.54, 1.807) is 54.6 Å². The highest BCUT2D eigenvalue weighted by Gasteiger charge is 2.01. The number of nitrogens with two attached hydrogens (primary N) is 1. The molecular weight excluding hydrogens is 714 g/mol. The van der Waals surface area contributed by atoms with Crippen LogP contribution in [0.2, 0.25) is 0 Å². The van der Waals surface area contributed by atoms with Gasteiger partial charge >= 0.3 is 11.9 Å². The van der Waals surface area contributed by atoms with Gasteiger partial charge in [0.1, 0.15) is 11.6 Å². The van der Waals surface area contributed by atoms with Gasteiger partial charge in [-0.2, -0.15) is 0 Å². The Kier molecular flexibility index (Phi) is 15.8. The third-order valence-electron chi connectivity index (χ3n) is 5.41. The number of methoxy groups -OCH3 is 2. The topological polar surface area (TPSA) is 108 Å². The van der Waals surface area contributed by atoms with Crippen molar-refractivity contribution in [2.24, 2.45) is 4.99 Å². The Morgan fingerprint density at radius 3 is 1.73 bits per heavy atom. The normalized spacial score (nSPS) is 10.5. The van der Waals surface area contributed by atoms with E-state index in [2.05, 4.69) is 46.3 Å². The number of hydrogen-bond acceptors (Lipinski definition) is 7. The van der Waals surface area contributed by atoms with Crippen LogP contribution in [-0.4, -0.2) is 38.7 Å². The largest absolute Gasteiger partial charge is 0.466 e. The average molecular weight is 742 g/mol. The lowest BCUT2D eigenvalue weighted by Crippen LogP contribution is -1.93. The van der Waals surface area contributed by atoms with Gasteiger partial charge in [-0.25, -0.2) is 18.4 Å². The number of carbonyl (C=O) groups excluding carboxylic acids is 3. The van der Waals surface area contributed by atoms with E-state index in [1.807, 2.05) is 24.3 Å². The van der Waals surface area contributed by atoms with E-state index < -0.39 is 11.8 Å². The molecule has 7 nitrogen and oxygen atoms in total. The lowest BCUT2D eigenvalue weighted by molar-refractivity contribution is -0.135. The van der Waals surface area contributed by atoms with Gasteiger partial charge in [0, 0.05) is 38.6 Å². The highest BCUT2D eigenvalue weighted by atomic mass is 79.9. The molecule has 0 atom stereocenters. The molecule has 4 rings (SSSR count). The molecule has 0 amide bonds. The zero-order valence-corrected chi connectivity index (χ0v) is 27.3. The molecule has 232 valence electrons. The van der Waals surface area contributed by atoms with Gasteiger partial charge in [0.05, 0.1) is 25.5 Å². The molecule has 45 heavy (non-hydrogen) atoms. The van der Waals surface area contributed by atoms with Crippen LogP contribution >= 0.6 is 31.9 Å². The summed E-state index contributed by atoms with van der Waals surface area (Å²) in [6.07, 6.45) is 7.92. The minimum atomic E-state index is -0.496. The van der Waals surface area contributed by atoms with Crippen molar-refractivity contribution in [1.82, 2.24) is 0 Å². The molecule has 11 heteroatoms. The standard InChI is InChI=1S/C17H13BrFNO2.C10H11NO2.C7H4BrFO/c1-22-17(21)8-5-12-3-2-4-15(9-12)20-11-13-6-7-14(18)10-16(13)19;1-13-10(12)6-5-8-3-2-4-9(11)7-8;8-6-2-1-5(4-10)7(9)3-6/h2-11H,1H3;2-7H,11H2,1H3;1-4H/b8-5+,20-11?;6-5+;. The number of carbonyl (C=O) groups is 3. The van der Waals surface area contributed by atoms with E-state index in [1.165, 1.54) is 50.8 Å². The average Bonchev–Trinajstić information content (AvgIpc) is 3.03. The van der Waals surface area contributed by atoms with E-state index in [4.69, 9.17) is 5.73 Å². The van der Waals surface area contributed by atoms with Crippen LogP contribution < -0.4 is 5.73 Å². The molecule has 0 radical (unpaired) electrons. The van der Waals surface area contributed by atoms with E-state index in [0.29, 0.717) is 32.2 Å². The van der Waals surface area contributed by atoms with Crippen molar-refractivity contribution in [2.75, 3.05) is 20.0 Å². The van der Waals surface area contributed by atoms with Gasteiger partial charge in [0.15, 0.2) is 6.29 Å². The van der Waals surface area contributed by atoms with Crippen molar-refractivity contribution in [2.45, 2.75) is 0 Å². The van der Waals surface area contributed by atoms with Crippen LogP contribution in [0.15, 0.2) is 111 Å². The van der Waals surface area contributed by atoms with E-state index >= 15 is 0 Å². The number of nitrogens with zero attached hydrogens (tertiary/aromatic N) is 1. The second-order valence-corrected chi connectivity index (χ2v) is 10.5. The third-order valence-corrected chi connectivity index (χ3v) is 6.40. The van der Waals surface area contributed by atoms with E-state index in [0.717, 1.165) is 11.1 Å². The summed E-state index contributed by atoms with van der Waals surface area (Å²) in [7, 11) is 2.66. The molecule has 4 aromatic carbocycles. The molecule has 2 N–H and O–H groups in total. The minimum Gasteiger partial charge on any atom is -0.466 e. The SMILES string of the molecule is COC(=O)/C=C/c1cccc(N)c1.COC(=O)/C=C/c1cccc(N=Cc2ccc(Br)cc2F)c1.O=Cc1ccc(Br)cc1F. The van der Waals surface area contributed by atoms with Crippen molar-refractivity contribution >= 4 is 79.8 Å². The molecule has 0 fully saturated rings. The number of aldehydes is 1. The van der Waals surface area contributed by atoms with Gasteiger partial charge in [-0.05, 0) is 83.9 Å². The first kappa shape index (κ1) is 36.5. The Labute approximate surface area is 276 Å². The highest BCUT2D eigenvalue weighted by Crippen LogP contribution is 2.18. The van der Waals surface area contributed by atoms with E-state index in [-0.39, 0.29) is 17.3 Å².